The van der Waals surface area contributed by atoms with Gasteiger partial charge in [-0.15, -0.1) is 0 Å². The van der Waals surface area contributed by atoms with Crippen LogP contribution in [-0.4, -0.2) is 37.7 Å². The zero-order chi connectivity index (χ0) is 12.6. The molecule has 1 aliphatic heterocycles. The fourth-order valence-corrected chi connectivity index (χ4v) is 1.98. The fraction of sp³-hybridized carbons (Fsp3) is 0.900. The van der Waals surface area contributed by atoms with Gasteiger partial charge < -0.3 is 15.8 Å². The van der Waals surface area contributed by atoms with Crippen LogP contribution in [0, 0.1) is 0 Å². The quantitative estimate of drug-likeness (QED) is 0.309. The van der Waals surface area contributed by atoms with E-state index in [-0.39, 0.29) is 5.91 Å². The number of carbonyl (C=O) groups excluding carboxylic acids is 1. The van der Waals surface area contributed by atoms with Crippen molar-refractivity contribution in [3.05, 3.63) is 10.4 Å². The standard InChI is InChI=1S/C10H19N5O2/c11-9(16)10(3-1-7-17-8-4-10)13-5-2-6-14-15-12/h13H,1-8H2,(H2,11,16). The van der Waals surface area contributed by atoms with Gasteiger partial charge in [0.1, 0.15) is 0 Å². The Morgan fingerprint density at radius 1 is 1.53 bits per heavy atom. The van der Waals surface area contributed by atoms with Crippen LogP contribution in [0.15, 0.2) is 5.11 Å². The molecule has 17 heavy (non-hydrogen) atoms. The minimum Gasteiger partial charge on any atom is -0.381 e. The highest BCUT2D eigenvalue weighted by Crippen LogP contribution is 2.21. The molecule has 1 atom stereocenters. The molecule has 1 amide bonds. The van der Waals surface area contributed by atoms with Gasteiger partial charge in [-0.3, -0.25) is 4.79 Å². The third-order valence-electron chi connectivity index (χ3n) is 3.00. The monoisotopic (exact) mass is 241 g/mol. The second kappa shape index (κ2) is 7.11. The number of nitrogens with zero attached hydrogens (tertiary/aromatic N) is 3. The lowest BCUT2D eigenvalue weighted by molar-refractivity contribution is -0.125. The molecule has 0 radical (unpaired) electrons. The number of rotatable bonds is 6. The summed E-state index contributed by atoms with van der Waals surface area (Å²) in [5.41, 5.74) is 13.0. The van der Waals surface area contributed by atoms with Crippen molar-refractivity contribution in [2.24, 2.45) is 10.8 Å². The number of carbonyl (C=O) groups is 1. The maximum absolute atomic E-state index is 11.6. The first-order chi connectivity index (χ1) is 8.21. The van der Waals surface area contributed by atoms with Crippen LogP contribution in [0.5, 0.6) is 0 Å². The third-order valence-corrected chi connectivity index (χ3v) is 3.00. The number of primary amides is 1. The molecule has 1 aliphatic rings. The molecule has 1 saturated heterocycles. The molecule has 1 unspecified atom stereocenters. The summed E-state index contributed by atoms with van der Waals surface area (Å²) in [7, 11) is 0. The highest BCUT2D eigenvalue weighted by Gasteiger charge is 2.36. The van der Waals surface area contributed by atoms with Gasteiger partial charge in [0.2, 0.25) is 5.91 Å². The summed E-state index contributed by atoms with van der Waals surface area (Å²) >= 11 is 0. The van der Waals surface area contributed by atoms with Crippen LogP contribution < -0.4 is 11.1 Å². The van der Waals surface area contributed by atoms with Crippen LogP contribution in [0.4, 0.5) is 0 Å². The number of nitrogens with two attached hydrogens (primary N) is 1. The maximum Gasteiger partial charge on any atom is 0.237 e. The molecule has 0 bridgehead atoms. The van der Waals surface area contributed by atoms with Gasteiger partial charge in [0.15, 0.2) is 0 Å². The van der Waals surface area contributed by atoms with E-state index >= 15 is 0 Å². The van der Waals surface area contributed by atoms with Gasteiger partial charge in [-0.05, 0) is 37.8 Å². The third kappa shape index (κ3) is 4.22. The molecule has 0 saturated carbocycles. The maximum atomic E-state index is 11.6. The normalized spacial score (nSPS) is 24.7. The van der Waals surface area contributed by atoms with Crippen LogP contribution in [0.2, 0.25) is 0 Å². The molecule has 96 valence electrons. The van der Waals surface area contributed by atoms with Gasteiger partial charge in [0, 0.05) is 24.7 Å². The molecule has 0 aromatic heterocycles. The zero-order valence-electron chi connectivity index (χ0n) is 9.89. The van der Waals surface area contributed by atoms with E-state index in [0.29, 0.717) is 45.6 Å². The first-order valence-corrected chi connectivity index (χ1v) is 5.85. The second-order valence-corrected chi connectivity index (χ2v) is 4.15. The summed E-state index contributed by atoms with van der Waals surface area (Å²) in [5.74, 6) is -0.327. The fourth-order valence-electron chi connectivity index (χ4n) is 1.98. The van der Waals surface area contributed by atoms with E-state index in [1.165, 1.54) is 0 Å². The number of ether oxygens (including phenoxy) is 1. The first-order valence-electron chi connectivity index (χ1n) is 5.85. The summed E-state index contributed by atoms with van der Waals surface area (Å²) in [5, 5.41) is 6.64. The van der Waals surface area contributed by atoms with Crippen LogP contribution in [-0.2, 0) is 9.53 Å². The van der Waals surface area contributed by atoms with E-state index in [0.717, 1.165) is 6.42 Å². The summed E-state index contributed by atoms with van der Waals surface area (Å²) in [6, 6.07) is 0. The van der Waals surface area contributed by atoms with Crippen molar-refractivity contribution in [1.29, 1.82) is 0 Å². The summed E-state index contributed by atoms with van der Waals surface area (Å²) in [6.45, 7) is 2.26. The smallest absolute Gasteiger partial charge is 0.237 e. The average molecular weight is 241 g/mol. The van der Waals surface area contributed by atoms with Gasteiger partial charge in [-0.1, -0.05) is 5.11 Å². The Balaban J connectivity index is 2.46. The highest BCUT2D eigenvalue weighted by molar-refractivity contribution is 5.84. The van der Waals surface area contributed by atoms with Crippen molar-refractivity contribution < 1.29 is 9.53 Å². The molecule has 7 heteroatoms. The van der Waals surface area contributed by atoms with Crippen LogP contribution >= 0.6 is 0 Å². The van der Waals surface area contributed by atoms with Crippen molar-refractivity contribution in [1.82, 2.24) is 5.32 Å². The Hall–Kier alpha value is -1.30. The number of hydrogen-bond acceptors (Lipinski definition) is 4. The predicted molar refractivity (Wildman–Crippen MR) is 63.2 cm³/mol. The molecule has 1 rings (SSSR count). The lowest BCUT2D eigenvalue weighted by Gasteiger charge is -2.30. The lowest BCUT2D eigenvalue weighted by Crippen LogP contribution is -2.56. The van der Waals surface area contributed by atoms with Gasteiger partial charge in [-0.2, -0.15) is 0 Å². The molecule has 1 fully saturated rings. The Kier molecular flexibility index (Phi) is 5.76. The van der Waals surface area contributed by atoms with E-state index < -0.39 is 5.54 Å². The second-order valence-electron chi connectivity index (χ2n) is 4.15. The van der Waals surface area contributed by atoms with E-state index in [4.69, 9.17) is 16.0 Å². The number of hydrogen-bond donors (Lipinski definition) is 2. The van der Waals surface area contributed by atoms with Crippen LogP contribution in [0.3, 0.4) is 0 Å². The van der Waals surface area contributed by atoms with Crippen molar-refractivity contribution >= 4 is 5.91 Å². The van der Waals surface area contributed by atoms with Crippen molar-refractivity contribution in [2.45, 2.75) is 31.2 Å². The SMILES string of the molecule is [N-]=[N+]=NCCCNC1(C(N)=O)CCCOCC1. The molecular formula is C10H19N5O2. The van der Waals surface area contributed by atoms with Crippen molar-refractivity contribution in [3.63, 3.8) is 0 Å². The molecule has 0 aliphatic carbocycles. The number of azide groups is 1. The van der Waals surface area contributed by atoms with E-state index in [1.54, 1.807) is 0 Å². The number of nitrogens with one attached hydrogen (secondary N) is 1. The van der Waals surface area contributed by atoms with Gasteiger partial charge in [0.05, 0.1) is 5.54 Å². The highest BCUT2D eigenvalue weighted by atomic mass is 16.5. The Morgan fingerprint density at radius 2 is 2.35 bits per heavy atom. The Bertz CT molecular complexity index is 293. The zero-order valence-corrected chi connectivity index (χ0v) is 9.89. The Morgan fingerprint density at radius 3 is 3.06 bits per heavy atom. The van der Waals surface area contributed by atoms with E-state index in [9.17, 15) is 4.79 Å². The van der Waals surface area contributed by atoms with E-state index in [1.807, 2.05) is 0 Å². The van der Waals surface area contributed by atoms with Crippen molar-refractivity contribution in [3.8, 4) is 0 Å². The molecule has 0 aromatic rings. The molecule has 1 heterocycles. The molecule has 0 spiro atoms. The topological polar surface area (TPSA) is 113 Å². The molecule has 0 aromatic carbocycles. The van der Waals surface area contributed by atoms with E-state index in [2.05, 4.69) is 15.3 Å². The summed E-state index contributed by atoms with van der Waals surface area (Å²) < 4.78 is 5.33. The van der Waals surface area contributed by atoms with Crippen LogP contribution in [0.1, 0.15) is 25.7 Å². The number of amides is 1. The molecule has 7 nitrogen and oxygen atoms in total. The van der Waals surface area contributed by atoms with Gasteiger partial charge >= 0.3 is 0 Å². The predicted octanol–water partition coefficient (Wildman–Crippen LogP) is 0.701. The van der Waals surface area contributed by atoms with Crippen molar-refractivity contribution in [2.75, 3.05) is 26.3 Å². The summed E-state index contributed by atoms with van der Waals surface area (Å²) in [6.07, 6.45) is 2.82. The molecule has 3 N–H and O–H groups in total. The Labute approximate surface area is 100 Å². The average Bonchev–Trinajstić information content (AvgIpc) is 2.55. The minimum absolute atomic E-state index is 0.327. The largest absolute Gasteiger partial charge is 0.381 e. The summed E-state index contributed by atoms with van der Waals surface area (Å²) in [4.78, 5) is 14.2. The van der Waals surface area contributed by atoms with Gasteiger partial charge in [0.25, 0.3) is 0 Å². The first kappa shape index (κ1) is 13.8. The lowest BCUT2D eigenvalue weighted by atomic mass is 9.89. The van der Waals surface area contributed by atoms with Gasteiger partial charge in [-0.25, -0.2) is 0 Å². The van der Waals surface area contributed by atoms with Crippen LogP contribution in [0.25, 0.3) is 10.4 Å². The minimum atomic E-state index is -0.660. The molecular weight excluding hydrogens is 222 g/mol.